The van der Waals surface area contributed by atoms with Gasteiger partial charge in [-0.05, 0) is 62.6 Å². The van der Waals surface area contributed by atoms with E-state index < -0.39 is 51.1 Å². The van der Waals surface area contributed by atoms with E-state index in [-0.39, 0.29) is 70.1 Å². The minimum atomic E-state index is -4.75. The van der Waals surface area contributed by atoms with Crippen LogP contribution in [0, 0.1) is 5.82 Å². The van der Waals surface area contributed by atoms with Crippen molar-refractivity contribution in [1.82, 2.24) is 29.2 Å². The first kappa shape index (κ1) is 38.4. The molecule has 1 saturated heterocycles. The van der Waals surface area contributed by atoms with E-state index in [4.69, 9.17) is 16.3 Å². The third-order valence-electron chi connectivity index (χ3n) is 8.60. The number of carbonyl (C=O) groups is 2. The molecule has 278 valence electrons. The average molecular weight is 768 g/mol. The quantitative estimate of drug-likeness (QED) is 0.201. The number of hydrogen-bond donors (Lipinski definition) is 2. The van der Waals surface area contributed by atoms with Crippen LogP contribution in [0.2, 0.25) is 5.02 Å². The van der Waals surface area contributed by atoms with Gasteiger partial charge in [0.25, 0.3) is 11.5 Å². The Bertz CT molecular complexity index is 2150. The number of piperidine rings is 1. The second-order valence-electron chi connectivity index (χ2n) is 11.9. The van der Waals surface area contributed by atoms with Gasteiger partial charge in [-0.2, -0.15) is 13.2 Å². The summed E-state index contributed by atoms with van der Waals surface area (Å²) in [4.78, 5) is 39.8. The summed E-state index contributed by atoms with van der Waals surface area (Å²) in [5.74, 6) is -2.24. The van der Waals surface area contributed by atoms with Gasteiger partial charge in [-0.1, -0.05) is 23.7 Å². The molecule has 1 fully saturated rings. The van der Waals surface area contributed by atoms with E-state index in [1.54, 1.807) is 13.8 Å². The van der Waals surface area contributed by atoms with Crippen molar-refractivity contribution in [2.24, 2.45) is 0 Å². The lowest BCUT2D eigenvalue weighted by Crippen LogP contribution is -2.47. The fourth-order valence-electron chi connectivity index (χ4n) is 5.82. The standard InChI is InChI=1S/C33H34ClF4N7O6S/c1-4-26(32(48)40-21-7-8-22(25(35)15-21)31(47)39-20-10-12-43(13-11-20)52(49,50)5-2)44-17-28(51-3)24(16-30(44)46)23-14-19(34)6-9-27(23)45-18-29(41-42-45)33(36,37)38/h6-9,14-18,20,26H,4-5,10-13H2,1-3H3,(H,39,47)(H,40,48)/t26-/m0/s1. The van der Waals surface area contributed by atoms with Gasteiger partial charge in [0.2, 0.25) is 15.9 Å². The van der Waals surface area contributed by atoms with E-state index in [2.05, 4.69) is 20.9 Å². The van der Waals surface area contributed by atoms with Gasteiger partial charge in [-0.25, -0.2) is 21.8 Å². The van der Waals surface area contributed by atoms with Crippen molar-refractivity contribution >= 4 is 39.1 Å². The maximum absolute atomic E-state index is 15.1. The number of amides is 2. The van der Waals surface area contributed by atoms with Crippen LogP contribution in [-0.2, 0) is 21.0 Å². The Labute approximate surface area is 300 Å². The number of aromatic nitrogens is 4. The average Bonchev–Trinajstić information content (AvgIpc) is 3.60. The smallest absolute Gasteiger partial charge is 0.436 e. The van der Waals surface area contributed by atoms with Crippen molar-refractivity contribution in [3.05, 3.63) is 87.3 Å². The van der Waals surface area contributed by atoms with Crippen molar-refractivity contribution in [2.75, 3.05) is 31.3 Å². The van der Waals surface area contributed by atoms with E-state index in [1.165, 1.54) is 47.9 Å². The lowest BCUT2D eigenvalue weighted by Gasteiger charge is -2.31. The SMILES string of the molecule is CC[C@@H](C(=O)Nc1ccc(C(=O)NC2CCN(S(=O)(=O)CC)CC2)c(F)c1)n1cc(OC)c(-c2cc(Cl)ccc2-n2cc(C(F)(F)F)nn2)cc1=O. The molecule has 0 unspecified atom stereocenters. The molecular weight excluding hydrogens is 734 g/mol. The molecule has 0 bridgehead atoms. The number of alkyl halides is 3. The second kappa shape index (κ2) is 15.4. The van der Waals surface area contributed by atoms with Gasteiger partial charge in [-0.3, -0.25) is 19.0 Å². The number of benzene rings is 2. The number of hydrogen-bond acceptors (Lipinski definition) is 8. The predicted octanol–water partition coefficient (Wildman–Crippen LogP) is 5.05. The number of nitrogens with one attached hydrogen (secondary N) is 2. The van der Waals surface area contributed by atoms with Crippen LogP contribution in [-0.4, -0.2) is 76.1 Å². The van der Waals surface area contributed by atoms with Gasteiger partial charge in [0, 0.05) is 47.0 Å². The van der Waals surface area contributed by atoms with E-state index in [9.17, 15) is 36.0 Å². The Morgan fingerprint density at radius 2 is 1.77 bits per heavy atom. The molecule has 3 heterocycles. The van der Waals surface area contributed by atoms with Crippen molar-refractivity contribution in [3.63, 3.8) is 0 Å². The molecule has 1 atom stereocenters. The molecule has 0 radical (unpaired) electrons. The molecule has 5 rings (SSSR count). The topological polar surface area (TPSA) is 158 Å². The van der Waals surface area contributed by atoms with Crippen LogP contribution in [0.15, 0.2) is 59.7 Å². The molecule has 13 nitrogen and oxygen atoms in total. The number of rotatable bonds is 11. The summed E-state index contributed by atoms with van der Waals surface area (Å²) in [7, 11) is -2.04. The van der Waals surface area contributed by atoms with Crippen LogP contribution >= 0.6 is 11.6 Å². The van der Waals surface area contributed by atoms with Crippen LogP contribution in [0.25, 0.3) is 16.8 Å². The molecule has 1 aliphatic rings. The molecule has 2 aromatic carbocycles. The van der Waals surface area contributed by atoms with Crippen molar-refractivity contribution in [1.29, 1.82) is 0 Å². The summed E-state index contributed by atoms with van der Waals surface area (Å²) in [5, 5.41) is 12.3. The van der Waals surface area contributed by atoms with Gasteiger partial charge >= 0.3 is 6.18 Å². The molecule has 0 spiro atoms. The number of ether oxygens (including phenoxy) is 1. The number of anilines is 1. The van der Waals surface area contributed by atoms with Crippen LogP contribution in [0.1, 0.15) is 55.2 Å². The van der Waals surface area contributed by atoms with Crippen molar-refractivity contribution < 1.29 is 40.3 Å². The number of nitrogens with zero attached hydrogens (tertiary/aromatic N) is 5. The van der Waals surface area contributed by atoms with E-state index in [1.807, 2.05) is 0 Å². The molecule has 1 aliphatic heterocycles. The monoisotopic (exact) mass is 767 g/mol. The molecule has 2 amide bonds. The highest BCUT2D eigenvalue weighted by Crippen LogP contribution is 2.36. The van der Waals surface area contributed by atoms with Gasteiger partial charge in [0.05, 0.1) is 36.5 Å². The van der Waals surface area contributed by atoms with E-state index >= 15 is 4.39 Å². The van der Waals surface area contributed by atoms with Crippen molar-refractivity contribution in [2.45, 2.75) is 51.4 Å². The Morgan fingerprint density at radius 3 is 2.37 bits per heavy atom. The third kappa shape index (κ3) is 8.29. The number of halogens is 5. The van der Waals surface area contributed by atoms with E-state index in [0.717, 1.165) is 21.4 Å². The lowest BCUT2D eigenvalue weighted by molar-refractivity contribution is -0.141. The summed E-state index contributed by atoms with van der Waals surface area (Å²) >= 11 is 6.22. The van der Waals surface area contributed by atoms with Crippen LogP contribution in [0.4, 0.5) is 23.2 Å². The Kier molecular flexibility index (Phi) is 11.4. The Balaban J connectivity index is 1.34. The highest BCUT2D eigenvalue weighted by Gasteiger charge is 2.35. The number of sulfonamides is 1. The highest BCUT2D eigenvalue weighted by atomic mass is 35.5. The summed E-state index contributed by atoms with van der Waals surface area (Å²) in [5.41, 5.74) is -1.71. The first-order valence-corrected chi connectivity index (χ1v) is 18.0. The summed E-state index contributed by atoms with van der Waals surface area (Å²) in [6.45, 7) is 3.67. The molecule has 52 heavy (non-hydrogen) atoms. The Hall–Kier alpha value is -4.81. The zero-order valence-corrected chi connectivity index (χ0v) is 29.6. The fourth-order valence-corrected chi connectivity index (χ4v) is 7.12. The fraction of sp³-hybridized carbons (Fsp3) is 0.364. The Morgan fingerprint density at radius 1 is 1.06 bits per heavy atom. The summed E-state index contributed by atoms with van der Waals surface area (Å²) in [6, 6.07) is 7.43. The summed E-state index contributed by atoms with van der Waals surface area (Å²) in [6.07, 6.45) is -1.94. The predicted molar refractivity (Wildman–Crippen MR) is 183 cm³/mol. The molecule has 0 saturated carbocycles. The maximum atomic E-state index is 15.1. The minimum Gasteiger partial charge on any atom is -0.495 e. The molecule has 19 heteroatoms. The highest BCUT2D eigenvalue weighted by molar-refractivity contribution is 7.89. The lowest BCUT2D eigenvalue weighted by atomic mass is 10.0. The first-order valence-electron chi connectivity index (χ1n) is 16.0. The van der Waals surface area contributed by atoms with Gasteiger partial charge in [0.15, 0.2) is 5.69 Å². The number of methoxy groups -OCH3 is 1. The number of pyridine rings is 1. The normalized spacial score (nSPS) is 14.9. The van der Waals surface area contributed by atoms with Gasteiger partial charge < -0.3 is 15.4 Å². The van der Waals surface area contributed by atoms with Gasteiger partial charge in [0.1, 0.15) is 17.6 Å². The molecule has 2 N–H and O–H groups in total. The second-order valence-corrected chi connectivity index (χ2v) is 14.6. The summed E-state index contributed by atoms with van der Waals surface area (Å²) < 4.78 is 88.0. The molecule has 2 aromatic heterocycles. The maximum Gasteiger partial charge on any atom is 0.436 e. The van der Waals surface area contributed by atoms with E-state index in [0.29, 0.717) is 19.0 Å². The van der Waals surface area contributed by atoms with Gasteiger partial charge in [-0.15, -0.1) is 5.10 Å². The first-order chi connectivity index (χ1) is 24.6. The molecule has 4 aromatic rings. The zero-order valence-electron chi connectivity index (χ0n) is 28.1. The van der Waals surface area contributed by atoms with Crippen molar-refractivity contribution in [3.8, 4) is 22.6 Å². The van der Waals surface area contributed by atoms with Crippen LogP contribution < -0.4 is 20.9 Å². The zero-order chi connectivity index (χ0) is 38.0. The number of carbonyl (C=O) groups excluding carboxylic acids is 2. The largest absolute Gasteiger partial charge is 0.495 e. The minimum absolute atomic E-state index is 0.0156. The molecule has 0 aliphatic carbocycles. The van der Waals surface area contributed by atoms with Crippen LogP contribution in [0.5, 0.6) is 5.75 Å². The molecular formula is C33H34ClF4N7O6S. The third-order valence-corrected chi connectivity index (χ3v) is 10.7. The van der Waals surface area contributed by atoms with Crippen LogP contribution in [0.3, 0.4) is 0 Å².